The van der Waals surface area contributed by atoms with Crippen molar-refractivity contribution < 1.29 is 33.4 Å². The molecule has 0 bridgehead atoms. The summed E-state index contributed by atoms with van der Waals surface area (Å²) in [6.07, 6.45) is 5.50. The van der Waals surface area contributed by atoms with E-state index >= 15 is 0 Å². The number of benzene rings is 1. The Morgan fingerprint density at radius 2 is 1.76 bits per heavy atom. The maximum atomic E-state index is 13.4. The summed E-state index contributed by atoms with van der Waals surface area (Å²) in [7, 11) is 0. The first-order chi connectivity index (χ1) is 20.1. The maximum Gasteiger partial charge on any atom is 0.408 e. The SMILES string of the molecule is CCOC(=O)/C=C/[C@H](CC1CCNC1=O)NC(=O)[C@H](CCSC)NC(=O)[C@H](CC(C)C)NC(=O)OCc1ccccc1. The van der Waals surface area contributed by atoms with Crippen molar-refractivity contribution in [1.82, 2.24) is 21.3 Å². The van der Waals surface area contributed by atoms with Crippen LogP contribution in [0.5, 0.6) is 0 Å². The lowest BCUT2D eigenvalue weighted by molar-refractivity contribution is -0.137. The van der Waals surface area contributed by atoms with Gasteiger partial charge in [0.2, 0.25) is 17.7 Å². The lowest BCUT2D eigenvalue weighted by Gasteiger charge is -2.26. The Labute approximate surface area is 252 Å². The molecule has 0 aromatic heterocycles. The summed E-state index contributed by atoms with van der Waals surface area (Å²) in [6, 6.07) is 6.74. The van der Waals surface area contributed by atoms with Crippen molar-refractivity contribution in [3.8, 4) is 0 Å². The third-order valence-corrected chi connectivity index (χ3v) is 7.20. The number of carbonyl (C=O) groups is 5. The number of ether oxygens (including phenoxy) is 2. The summed E-state index contributed by atoms with van der Waals surface area (Å²) in [5.74, 6) is -1.27. The fraction of sp³-hybridized carbons (Fsp3) is 0.567. The van der Waals surface area contributed by atoms with Crippen LogP contribution >= 0.6 is 11.8 Å². The van der Waals surface area contributed by atoms with Gasteiger partial charge < -0.3 is 30.7 Å². The van der Waals surface area contributed by atoms with Crippen LogP contribution in [0.4, 0.5) is 4.79 Å². The van der Waals surface area contributed by atoms with Crippen LogP contribution in [0, 0.1) is 11.8 Å². The number of hydrogen-bond donors (Lipinski definition) is 4. The van der Waals surface area contributed by atoms with Gasteiger partial charge in [0.15, 0.2) is 0 Å². The molecular formula is C30H44N4O7S. The quantitative estimate of drug-likeness (QED) is 0.157. The second-order valence-corrected chi connectivity index (χ2v) is 11.5. The Balaban J connectivity index is 2.11. The molecule has 2 rings (SSSR count). The minimum atomic E-state index is -0.917. The Kier molecular flexibility index (Phi) is 15.5. The van der Waals surface area contributed by atoms with E-state index in [2.05, 4.69) is 21.3 Å². The molecule has 232 valence electrons. The molecule has 1 aliphatic heterocycles. The van der Waals surface area contributed by atoms with Gasteiger partial charge in [0.1, 0.15) is 18.7 Å². The molecule has 1 aromatic carbocycles. The van der Waals surface area contributed by atoms with E-state index in [1.165, 1.54) is 23.9 Å². The molecule has 1 fully saturated rings. The summed E-state index contributed by atoms with van der Waals surface area (Å²) in [6.45, 7) is 6.36. The largest absolute Gasteiger partial charge is 0.463 e. The fourth-order valence-corrected chi connectivity index (χ4v) is 4.89. The standard InChI is InChI=1S/C30H44N4O7S/c1-5-40-26(35)12-11-23(18-22-13-15-31-27(22)36)32-28(37)24(14-16-42-4)33-29(38)25(17-20(2)3)34-30(39)41-19-21-9-7-6-8-10-21/h6-12,20,22-25H,5,13-19H2,1-4H3,(H,31,36)(H,32,37)(H,33,38)(H,34,39)/b12-11+/t22?,23-,24+,25+/m1/s1. The first-order valence-corrected chi connectivity index (χ1v) is 15.7. The van der Waals surface area contributed by atoms with Gasteiger partial charge in [-0.25, -0.2) is 9.59 Å². The van der Waals surface area contributed by atoms with E-state index in [4.69, 9.17) is 9.47 Å². The zero-order valence-electron chi connectivity index (χ0n) is 24.9. The van der Waals surface area contributed by atoms with Crippen LogP contribution in [0.1, 0.15) is 52.0 Å². The lowest BCUT2D eigenvalue weighted by Crippen LogP contribution is -2.55. The normalized spacial score (nSPS) is 16.8. The number of thioether (sulfide) groups is 1. The molecule has 12 heteroatoms. The van der Waals surface area contributed by atoms with Crippen LogP contribution < -0.4 is 21.3 Å². The van der Waals surface area contributed by atoms with Crippen LogP contribution in [0.2, 0.25) is 0 Å². The van der Waals surface area contributed by atoms with E-state index < -0.39 is 42.0 Å². The Morgan fingerprint density at radius 3 is 2.38 bits per heavy atom. The third kappa shape index (κ3) is 13.0. The van der Waals surface area contributed by atoms with Crippen molar-refractivity contribution in [3.05, 3.63) is 48.0 Å². The minimum absolute atomic E-state index is 0.0567. The summed E-state index contributed by atoms with van der Waals surface area (Å²) in [4.78, 5) is 63.5. The van der Waals surface area contributed by atoms with E-state index in [9.17, 15) is 24.0 Å². The summed E-state index contributed by atoms with van der Waals surface area (Å²) < 4.78 is 10.3. The van der Waals surface area contributed by atoms with Crippen molar-refractivity contribution in [2.75, 3.05) is 25.2 Å². The average molecular weight is 605 g/mol. The Bertz CT molecular complexity index is 1070. The molecule has 42 heavy (non-hydrogen) atoms. The first-order valence-electron chi connectivity index (χ1n) is 14.3. The molecule has 1 aromatic rings. The Morgan fingerprint density at radius 1 is 1.05 bits per heavy atom. The van der Waals surface area contributed by atoms with Gasteiger partial charge in [-0.15, -0.1) is 0 Å². The monoisotopic (exact) mass is 604 g/mol. The molecule has 0 spiro atoms. The van der Waals surface area contributed by atoms with Crippen molar-refractivity contribution in [2.24, 2.45) is 11.8 Å². The summed E-state index contributed by atoms with van der Waals surface area (Å²) in [5, 5.41) is 11.1. The zero-order valence-corrected chi connectivity index (χ0v) is 25.7. The van der Waals surface area contributed by atoms with Crippen LogP contribution in [0.15, 0.2) is 42.5 Å². The molecular weight excluding hydrogens is 560 g/mol. The van der Waals surface area contributed by atoms with E-state index in [0.717, 1.165) is 5.56 Å². The molecule has 0 aliphatic carbocycles. The number of esters is 1. The van der Waals surface area contributed by atoms with Gasteiger partial charge in [0.25, 0.3) is 0 Å². The zero-order chi connectivity index (χ0) is 30.9. The van der Waals surface area contributed by atoms with Crippen LogP contribution in [-0.4, -0.2) is 73.1 Å². The molecule has 4 atom stereocenters. The molecule has 0 saturated carbocycles. The van der Waals surface area contributed by atoms with Gasteiger partial charge >= 0.3 is 12.1 Å². The first kappa shape index (κ1) is 34.7. The molecule has 1 saturated heterocycles. The van der Waals surface area contributed by atoms with Crippen molar-refractivity contribution in [3.63, 3.8) is 0 Å². The third-order valence-electron chi connectivity index (χ3n) is 6.55. The van der Waals surface area contributed by atoms with Gasteiger partial charge in [-0.2, -0.15) is 11.8 Å². The molecule has 11 nitrogen and oxygen atoms in total. The lowest BCUT2D eigenvalue weighted by atomic mass is 9.97. The number of carbonyl (C=O) groups excluding carboxylic acids is 5. The van der Waals surface area contributed by atoms with Gasteiger partial charge in [-0.1, -0.05) is 50.3 Å². The summed E-state index contributed by atoms with van der Waals surface area (Å²) >= 11 is 1.52. The van der Waals surface area contributed by atoms with Gasteiger partial charge in [0.05, 0.1) is 6.61 Å². The predicted molar refractivity (Wildman–Crippen MR) is 161 cm³/mol. The number of rotatable bonds is 17. The molecule has 1 aliphatic rings. The molecule has 1 heterocycles. The highest BCUT2D eigenvalue weighted by molar-refractivity contribution is 7.98. The second kappa shape index (κ2) is 18.8. The van der Waals surface area contributed by atoms with Crippen LogP contribution in [-0.2, 0) is 35.3 Å². The molecule has 4 amide bonds. The van der Waals surface area contributed by atoms with Crippen molar-refractivity contribution in [1.29, 1.82) is 0 Å². The number of alkyl carbamates (subject to hydrolysis) is 1. The molecule has 0 radical (unpaired) electrons. The maximum absolute atomic E-state index is 13.4. The van der Waals surface area contributed by atoms with E-state index in [0.29, 0.717) is 38.0 Å². The highest BCUT2D eigenvalue weighted by Gasteiger charge is 2.31. The van der Waals surface area contributed by atoms with Crippen LogP contribution in [0.25, 0.3) is 0 Å². The number of hydrogen-bond acceptors (Lipinski definition) is 8. The van der Waals surface area contributed by atoms with Crippen LogP contribution in [0.3, 0.4) is 0 Å². The van der Waals surface area contributed by atoms with Crippen molar-refractivity contribution in [2.45, 2.75) is 71.2 Å². The minimum Gasteiger partial charge on any atom is -0.463 e. The fourth-order valence-electron chi connectivity index (χ4n) is 4.42. The average Bonchev–Trinajstić information content (AvgIpc) is 3.36. The van der Waals surface area contributed by atoms with Gasteiger partial charge in [-0.3, -0.25) is 14.4 Å². The molecule has 4 N–H and O–H groups in total. The Hall–Kier alpha value is -3.54. The molecule has 1 unspecified atom stereocenters. The highest BCUT2D eigenvalue weighted by Crippen LogP contribution is 2.17. The summed E-state index contributed by atoms with van der Waals surface area (Å²) in [5.41, 5.74) is 0.813. The number of amides is 4. The second-order valence-electron chi connectivity index (χ2n) is 10.5. The predicted octanol–water partition coefficient (Wildman–Crippen LogP) is 2.70. The smallest absolute Gasteiger partial charge is 0.408 e. The topological polar surface area (TPSA) is 152 Å². The van der Waals surface area contributed by atoms with Gasteiger partial charge in [-0.05, 0) is 56.1 Å². The highest BCUT2D eigenvalue weighted by atomic mass is 32.2. The van der Waals surface area contributed by atoms with Crippen molar-refractivity contribution >= 4 is 41.5 Å². The van der Waals surface area contributed by atoms with E-state index in [1.54, 1.807) is 6.92 Å². The van der Waals surface area contributed by atoms with E-state index in [-0.39, 0.29) is 31.0 Å². The van der Waals surface area contributed by atoms with Gasteiger partial charge in [0, 0.05) is 24.6 Å². The number of nitrogens with one attached hydrogen (secondary N) is 4. The van der Waals surface area contributed by atoms with E-state index in [1.807, 2.05) is 50.4 Å².